The number of ether oxygens (including phenoxy) is 2. The van der Waals surface area contributed by atoms with Crippen molar-refractivity contribution in [1.82, 2.24) is 10.3 Å². The molecule has 0 saturated heterocycles. The molecule has 1 aromatic rings. The summed E-state index contributed by atoms with van der Waals surface area (Å²) in [6.45, 7) is 6.73. The fraction of sp³-hybridized carbons (Fsp3) is 0.714. The number of rotatable bonds is 10. The molecular formula is C14H24N2O3S. The van der Waals surface area contributed by atoms with E-state index in [1.165, 1.54) is 7.11 Å². The van der Waals surface area contributed by atoms with E-state index in [2.05, 4.69) is 15.0 Å². The van der Waals surface area contributed by atoms with Crippen LogP contribution in [0.4, 0.5) is 0 Å². The Kier molecular flexibility index (Phi) is 8.41. The number of thiazole rings is 1. The number of hydrogen-bond acceptors (Lipinski definition) is 6. The maximum Gasteiger partial charge on any atom is 0.311 e. The van der Waals surface area contributed by atoms with Gasteiger partial charge in [0.05, 0.1) is 30.3 Å². The normalized spacial score (nSPS) is 11.0. The van der Waals surface area contributed by atoms with Crippen LogP contribution in [0.5, 0.6) is 0 Å². The van der Waals surface area contributed by atoms with Crippen molar-refractivity contribution < 1.29 is 14.3 Å². The molecule has 0 aliphatic carbocycles. The van der Waals surface area contributed by atoms with Gasteiger partial charge >= 0.3 is 5.97 Å². The first kappa shape index (κ1) is 17.1. The summed E-state index contributed by atoms with van der Waals surface area (Å²) in [4.78, 5) is 15.5. The van der Waals surface area contributed by atoms with E-state index in [0.717, 1.165) is 43.2 Å². The van der Waals surface area contributed by atoms with Gasteiger partial charge in [-0.2, -0.15) is 0 Å². The predicted octanol–water partition coefficient (Wildman–Crippen LogP) is 1.81. The Bertz CT molecular complexity index is 394. The molecular weight excluding hydrogens is 276 g/mol. The van der Waals surface area contributed by atoms with E-state index in [1.54, 1.807) is 11.3 Å². The average Bonchev–Trinajstić information content (AvgIpc) is 2.84. The minimum Gasteiger partial charge on any atom is -0.469 e. The Hall–Kier alpha value is -0.980. The van der Waals surface area contributed by atoms with Crippen LogP contribution in [0.1, 0.15) is 31.0 Å². The minimum absolute atomic E-state index is 0.245. The molecule has 0 bridgehead atoms. The molecule has 20 heavy (non-hydrogen) atoms. The SMILES string of the molecule is COC(=O)Cc1csc(CCNCCCOC(C)C)n1. The van der Waals surface area contributed by atoms with Crippen LogP contribution in [0.15, 0.2) is 5.38 Å². The van der Waals surface area contributed by atoms with Crippen LogP contribution in [-0.2, 0) is 27.1 Å². The third-order valence-corrected chi connectivity index (χ3v) is 3.57. The summed E-state index contributed by atoms with van der Waals surface area (Å²) in [5.41, 5.74) is 0.794. The molecule has 114 valence electrons. The second-order valence-electron chi connectivity index (χ2n) is 4.76. The van der Waals surface area contributed by atoms with Crippen molar-refractivity contribution in [2.45, 2.75) is 39.2 Å². The Morgan fingerprint density at radius 2 is 2.25 bits per heavy atom. The summed E-state index contributed by atoms with van der Waals surface area (Å²) >= 11 is 1.59. The Labute approximate surface area is 124 Å². The molecule has 0 amide bonds. The molecule has 1 heterocycles. The van der Waals surface area contributed by atoms with Gasteiger partial charge in [0.1, 0.15) is 0 Å². The number of methoxy groups -OCH3 is 1. The van der Waals surface area contributed by atoms with E-state index in [9.17, 15) is 4.79 Å². The monoisotopic (exact) mass is 300 g/mol. The zero-order chi connectivity index (χ0) is 14.8. The highest BCUT2D eigenvalue weighted by Crippen LogP contribution is 2.11. The largest absolute Gasteiger partial charge is 0.469 e. The number of carbonyl (C=O) groups is 1. The van der Waals surface area contributed by atoms with Crippen molar-refractivity contribution in [3.05, 3.63) is 16.1 Å². The van der Waals surface area contributed by atoms with Crippen molar-refractivity contribution in [2.24, 2.45) is 0 Å². The van der Waals surface area contributed by atoms with Crippen LogP contribution in [0.2, 0.25) is 0 Å². The molecule has 0 aliphatic heterocycles. The van der Waals surface area contributed by atoms with Gasteiger partial charge < -0.3 is 14.8 Å². The molecule has 5 nitrogen and oxygen atoms in total. The van der Waals surface area contributed by atoms with Crippen LogP contribution in [-0.4, -0.2) is 43.9 Å². The lowest BCUT2D eigenvalue weighted by Gasteiger charge is -2.07. The second-order valence-corrected chi connectivity index (χ2v) is 5.70. The van der Waals surface area contributed by atoms with E-state index in [0.29, 0.717) is 6.10 Å². The maximum absolute atomic E-state index is 11.1. The summed E-state index contributed by atoms with van der Waals surface area (Å²) in [5.74, 6) is -0.245. The van der Waals surface area contributed by atoms with E-state index >= 15 is 0 Å². The number of carbonyl (C=O) groups excluding carboxylic acids is 1. The van der Waals surface area contributed by atoms with Gasteiger partial charge in [-0.05, 0) is 26.8 Å². The number of nitrogens with zero attached hydrogens (tertiary/aromatic N) is 1. The van der Waals surface area contributed by atoms with Gasteiger partial charge in [0.15, 0.2) is 0 Å². The summed E-state index contributed by atoms with van der Waals surface area (Å²) < 4.78 is 10.1. The van der Waals surface area contributed by atoms with Crippen LogP contribution in [0, 0.1) is 0 Å². The number of aromatic nitrogens is 1. The van der Waals surface area contributed by atoms with Crippen molar-refractivity contribution in [3.8, 4) is 0 Å². The fourth-order valence-corrected chi connectivity index (χ4v) is 2.40. The number of nitrogens with one attached hydrogen (secondary N) is 1. The maximum atomic E-state index is 11.1. The Morgan fingerprint density at radius 3 is 2.95 bits per heavy atom. The lowest BCUT2D eigenvalue weighted by Crippen LogP contribution is -2.20. The van der Waals surface area contributed by atoms with Crippen molar-refractivity contribution in [3.63, 3.8) is 0 Å². The third kappa shape index (κ3) is 7.57. The van der Waals surface area contributed by atoms with E-state index in [-0.39, 0.29) is 12.4 Å². The lowest BCUT2D eigenvalue weighted by molar-refractivity contribution is -0.139. The lowest BCUT2D eigenvalue weighted by atomic mass is 10.3. The zero-order valence-corrected chi connectivity index (χ0v) is 13.3. The van der Waals surface area contributed by atoms with Gasteiger partial charge in [-0.3, -0.25) is 4.79 Å². The van der Waals surface area contributed by atoms with Gasteiger partial charge in [0.2, 0.25) is 0 Å². The zero-order valence-electron chi connectivity index (χ0n) is 12.5. The molecule has 1 rings (SSSR count). The first-order valence-electron chi connectivity index (χ1n) is 6.94. The highest BCUT2D eigenvalue weighted by atomic mass is 32.1. The standard InChI is InChI=1S/C14H24N2O3S/c1-11(2)19-8-4-6-15-7-5-13-16-12(10-20-13)9-14(17)18-3/h10-11,15H,4-9H2,1-3H3. The highest BCUT2D eigenvalue weighted by molar-refractivity contribution is 7.09. The molecule has 0 saturated carbocycles. The van der Waals surface area contributed by atoms with Gasteiger partial charge in [-0.1, -0.05) is 0 Å². The first-order chi connectivity index (χ1) is 9.61. The summed E-state index contributed by atoms with van der Waals surface area (Å²) in [6, 6.07) is 0. The van der Waals surface area contributed by atoms with Gasteiger partial charge in [-0.25, -0.2) is 4.98 Å². The van der Waals surface area contributed by atoms with Crippen molar-refractivity contribution >= 4 is 17.3 Å². The molecule has 0 aliphatic rings. The van der Waals surface area contributed by atoms with E-state index in [1.807, 2.05) is 19.2 Å². The molecule has 0 fully saturated rings. The summed E-state index contributed by atoms with van der Waals surface area (Å²) in [5, 5.41) is 6.33. The van der Waals surface area contributed by atoms with Crippen LogP contribution >= 0.6 is 11.3 Å². The minimum atomic E-state index is -0.245. The quantitative estimate of drug-likeness (QED) is 0.527. The Balaban J connectivity index is 2.09. The summed E-state index contributed by atoms with van der Waals surface area (Å²) in [6.07, 6.45) is 2.46. The molecule has 0 atom stereocenters. The second kappa shape index (κ2) is 9.85. The fourth-order valence-electron chi connectivity index (χ4n) is 1.60. The van der Waals surface area contributed by atoms with Crippen molar-refractivity contribution in [1.29, 1.82) is 0 Å². The summed E-state index contributed by atoms with van der Waals surface area (Å²) in [7, 11) is 1.39. The predicted molar refractivity (Wildman–Crippen MR) is 80.1 cm³/mol. The highest BCUT2D eigenvalue weighted by Gasteiger charge is 2.07. The average molecular weight is 300 g/mol. The number of hydrogen-bond donors (Lipinski definition) is 1. The number of esters is 1. The van der Waals surface area contributed by atoms with Gasteiger partial charge in [-0.15, -0.1) is 11.3 Å². The van der Waals surface area contributed by atoms with Gasteiger partial charge in [0.25, 0.3) is 0 Å². The van der Waals surface area contributed by atoms with Crippen LogP contribution in [0.25, 0.3) is 0 Å². The molecule has 0 spiro atoms. The van der Waals surface area contributed by atoms with Crippen LogP contribution < -0.4 is 5.32 Å². The molecule has 0 unspecified atom stereocenters. The molecule has 1 N–H and O–H groups in total. The first-order valence-corrected chi connectivity index (χ1v) is 7.82. The smallest absolute Gasteiger partial charge is 0.311 e. The Morgan fingerprint density at radius 1 is 1.45 bits per heavy atom. The third-order valence-electron chi connectivity index (χ3n) is 2.62. The molecule has 0 radical (unpaired) electrons. The van der Waals surface area contributed by atoms with Crippen molar-refractivity contribution in [2.75, 3.05) is 26.8 Å². The molecule has 6 heteroatoms. The van der Waals surface area contributed by atoms with Gasteiger partial charge in [0, 0.05) is 25.0 Å². The van der Waals surface area contributed by atoms with E-state index in [4.69, 9.17) is 4.74 Å². The molecule has 1 aromatic heterocycles. The topological polar surface area (TPSA) is 60.5 Å². The van der Waals surface area contributed by atoms with E-state index < -0.39 is 0 Å². The molecule has 0 aromatic carbocycles. The van der Waals surface area contributed by atoms with Crippen LogP contribution in [0.3, 0.4) is 0 Å².